The highest BCUT2D eigenvalue weighted by molar-refractivity contribution is 6.25. The maximum atomic E-state index is 12.5. The van der Waals surface area contributed by atoms with Crippen molar-refractivity contribution in [1.82, 2.24) is 0 Å². The number of nitroso groups, excluding NO2 is 1. The van der Waals surface area contributed by atoms with E-state index in [-0.39, 0.29) is 24.3 Å². The normalized spacial score (nSPS) is 39.2. The predicted octanol–water partition coefficient (Wildman–Crippen LogP) is 3.82. The summed E-state index contributed by atoms with van der Waals surface area (Å²) in [6.45, 7) is 7.64. The van der Waals surface area contributed by atoms with Crippen molar-refractivity contribution in [2.24, 2.45) is 22.4 Å². The smallest absolute Gasteiger partial charge is 0.311 e. The summed E-state index contributed by atoms with van der Waals surface area (Å²) in [5.41, 5.74) is -1.69. The van der Waals surface area contributed by atoms with E-state index in [1.54, 1.807) is 12.2 Å². The van der Waals surface area contributed by atoms with Gasteiger partial charge in [-0.15, -0.1) is 11.6 Å². The Bertz CT molecular complexity index is 531. The number of ether oxygens (including phenoxy) is 1. The molecule has 0 aromatic rings. The number of carbonyl (C=O) groups excluding carboxylic acids is 1. The molecule has 0 radical (unpaired) electrons. The fourth-order valence-electron chi connectivity index (χ4n) is 3.64. The van der Waals surface area contributed by atoms with E-state index in [0.717, 1.165) is 0 Å². The Labute approximate surface area is 148 Å². The van der Waals surface area contributed by atoms with Gasteiger partial charge in [0.15, 0.2) is 0 Å². The summed E-state index contributed by atoms with van der Waals surface area (Å²) in [7, 11) is 0. The summed E-state index contributed by atoms with van der Waals surface area (Å²) in [6.07, 6.45) is 5.22. The van der Waals surface area contributed by atoms with Gasteiger partial charge < -0.3 is 9.84 Å². The second-order valence-corrected chi connectivity index (χ2v) is 9.08. The Kier molecular flexibility index (Phi) is 5.46. The molecule has 5 atom stereocenters. The van der Waals surface area contributed by atoms with Gasteiger partial charge in [0, 0.05) is 5.92 Å². The van der Waals surface area contributed by atoms with Crippen molar-refractivity contribution in [3.63, 3.8) is 0 Å². The number of hydrogen-bond acceptors (Lipinski definition) is 5. The van der Waals surface area contributed by atoms with Crippen molar-refractivity contribution in [3.8, 4) is 0 Å². The molecule has 0 aromatic heterocycles. The van der Waals surface area contributed by atoms with Gasteiger partial charge in [-0.1, -0.05) is 24.3 Å². The van der Waals surface area contributed by atoms with Gasteiger partial charge in [0.1, 0.15) is 6.10 Å². The molecule has 5 nitrogen and oxygen atoms in total. The van der Waals surface area contributed by atoms with Crippen LogP contribution in [0.3, 0.4) is 0 Å². The molecule has 2 rings (SSSR count). The minimum absolute atomic E-state index is 0.101. The Hall–Kier alpha value is -0.940. The molecule has 0 unspecified atom stereocenters. The molecule has 0 spiro atoms. The Balaban J connectivity index is 2.28. The highest BCUT2D eigenvalue weighted by atomic mass is 35.5. The van der Waals surface area contributed by atoms with Gasteiger partial charge in [-0.2, -0.15) is 4.91 Å². The predicted molar refractivity (Wildman–Crippen MR) is 93.8 cm³/mol. The third-order valence-electron chi connectivity index (χ3n) is 5.64. The standard InChI is InChI=1S/C18H28ClNO4/c1-5-16(2,3)15(21)24-14-8-12(11-20-23)9-18(22)7-6-17(4,19)10-13(14)18/h6-7,12-14,22H,5,8-11H2,1-4H3/t12-,13-,14-,17+,18+/m0/s1. The molecule has 136 valence electrons. The van der Waals surface area contributed by atoms with Crippen molar-refractivity contribution in [3.05, 3.63) is 17.1 Å². The number of rotatable bonds is 5. The van der Waals surface area contributed by atoms with Crippen LogP contribution in [0.5, 0.6) is 0 Å². The monoisotopic (exact) mass is 357 g/mol. The van der Waals surface area contributed by atoms with Crippen LogP contribution in [0.15, 0.2) is 17.3 Å². The summed E-state index contributed by atoms with van der Waals surface area (Å²) in [6, 6.07) is 0. The van der Waals surface area contributed by atoms with Crippen LogP contribution in [0.2, 0.25) is 0 Å². The van der Waals surface area contributed by atoms with E-state index in [0.29, 0.717) is 25.7 Å². The molecule has 2 aliphatic rings. The van der Waals surface area contributed by atoms with E-state index < -0.39 is 22.0 Å². The zero-order valence-electron chi connectivity index (χ0n) is 14.9. The van der Waals surface area contributed by atoms with Crippen molar-refractivity contribution in [2.45, 2.75) is 70.0 Å². The van der Waals surface area contributed by atoms with Crippen LogP contribution in [0.25, 0.3) is 0 Å². The maximum Gasteiger partial charge on any atom is 0.311 e. The molecule has 0 aliphatic heterocycles. The number of alkyl halides is 1. The molecule has 1 N–H and O–H groups in total. The summed E-state index contributed by atoms with van der Waals surface area (Å²) < 4.78 is 5.82. The molecule has 0 bridgehead atoms. The molecule has 1 fully saturated rings. The van der Waals surface area contributed by atoms with Gasteiger partial charge >= 0.3 is 5.97 Å². The Morgan fingerprint density at radius 3 is 2.67 bits per heavy atom. The number of allylic oxidation sites excluding steroid dienone is 1. The number of halogens is 1. The number of carbonyl (C=O) groups is 1. The average Bonchev–Trinajstić information content (AvgIpc) is 2.49. The molecular formula is C18H28ClNO4. The first-order chi connectivity index (χ1) is 11.0. The Morgan fingerprint density at radius 1 is 1.42 bits per heavy atom. The lowest BCUT2D eigenvalue weighted by Gasteiger charge is -2.50. The summed E-state index contributed by atoms with van der Waals surface area (Å²) in [5.74, 6) is -0.650. The quantitative estimate of drug-likeness (QED) is 0.351. The van der Waals surface area contributed by atoms with Gasteiger partial charge in [0.05, 0.1) is 22.4 Å². The number of aliphatic hydroxyl groups is 1. The largest absolute Gasteiger partial charge is 0.462 e. The van der Waals surface area contributed by atoms with Crippen molar-refractivity contribution < 1.29 is 14.6 Å². The van der Waals surface area contributed by atoms with Crippen molar-refractivity contribution in [1.29, 1.82) is 0 Å². The van der Waals surface area contributed by atoms with Gasteiger partial charge in [0.25, 0.3) is 0 Å². The lowest BCUT2D eigenvalue weighted by Crippen LogP contribution is -2.55. The van der Waals surface area contributed by atoms with E-state index in [1.807, 2.05) is 27.7 Å². The summed E-state index contributed by atoms with van der Waals surface area (Å²) in [5, 5.41) is 14.1. The van der Waals surface area contributed by atoms with Crippen molar-refractivity contribution in [2.75, 3.05) is 6.54 Å². The molecular weight excluding hydrogens is 330 g/mol. The molecule has 0 amide bonds. The molecule has 0 saturated heterocycles. The second kappa shape index (κ2) is 6.75. The van der Waals surface area contributed by atoms with Gasteiger partial charge in [-0.25, -0.2) is 0 Å². The molecule has 2 aliphatic carbocycles. The highest BCUT2D eigenvalue weighted by Crippen LogP contribution is 2.48. The minimum atomic E-state index is -1.11. The number of esters is 1. The van der Waals surface area contributed by atoms with E-state index in [4.69, 9.17) is 16.3 Å². The fraction of sp³-hybridized carbons (Fsp3) is 0.833. The molecule has 0 heterocycles. The zero-order chi connectivity index (χ0) is 18.2. The molecule has 6 heteroatoms. The van der Waals surface area contributed by atoms with Crippen molar-refractivity contribution >= 4 is 17.6 Å². The summed E-state index contributed by atoms with van der Waals surface area (Å²) in [4.78, 5) is 22.7. The van der Waals surface area contributed by atoms with Gasteiger partial charge in [-0.05, 0) is 52.4 Å². The SMILES string of the molecule is CCC(C)(C)C(=O)O[C@H]1C[C@H](CN=O)C[C@]2(O)C=C[C@@](C)(Cl)C[C@@H]12. The lowest BCUT2D eigenvalue weighted by molar-refractivity contribution is -0.176. The highest BCUT2D eigenvalue weighted by Gasteiger charge is 2.52. The fourth-order valence-corrected chi connectivity index (χ4v) is 3.87. The van der Waals surface area contributed by atoms with E-state index in [9.17, 15) is 14.8 Å². The second-order valence-electron chi connectivity index (χ2n) is 8.21. The first-order valence-electron chi connectivity index (χ1n) is 8.65. The number of hydrogen-bond donors (Lipinski definition) is 1. The molecule has 24 heavy (non-hydrogen) atoms. The first kappa shape index (κ1) is 19.4. The first-order valence-corrected chi connectivity index (χ1v) is 9.03. The van der Waals surface area contributed by atoms with Crippen LogP contribution in [0.1, 0.15) is 53.4 Å². The van der Waals surface area contributed by atoms with E-state index >= 15 is 0 Å². The minimum Gasteiger partial charge on any atom is -0.462 e. The summed E-state index contributed by atoms with van der Waals surface area (Å²) >= 11 is 6.46. The molecule has 0 aromatic carbocycles. The van der Waals surface area contributed by atoms with E-state index in [2.05, 4.69) is 5.18 Å². The van der Waals surface area contributed by atoms with Crippen LogP contribution in [0, 0.1) is 22.2 Å². The Morgan fingerprint density at radius 2 is 2.08 bits per heavy atom. The van der Waals surface area contributed by atoms with Gasteiger partial charge in [-0.3, -0.25) is 4.79 Å². The van der Waals surface area contributed by atoms with Crippen LogP contribution in [-0.2, 0) is 9.53 Å². The third kappa shape index (κ3) is 3.99. The van der Waals surface area contributed by atoms with Crippen LogP contribution < -0.4 is 0 Å². The zero-order valence-corrected chi connectivity index (χ0v) is 15.7. The van der Waals surface area contributed by atoms with E-state index in [1.165, 1.54) is 0 Å². The third-order valence-corrected chi connectivity index (χ3v) is 5.92. The van der Waals surface area contributed by atoms with Gasteiger partial charge in [0.2, 0.25) is 0 Å². The van der Waals surface area contributed by atoms with Crippen LogP contribution in [0.4, 0.5) is 0 Å². The van der Waals surface area contributed by atoms with Crippen LogP contribution in [-0.4, -0.2) is 34.2 Å². The number of nitrogens with zero attached hydrogens (tertiary/aromatic N) is 1. The molecule has 1 saturated carbocycles. The lowest BCUT2D eigenvalue weighted by atomic mass is 9.63. The maximum absolute atomic E-state index is 12.5. The number of fused-ring (bicyclic) bond motifs is 1. The topological polar surface area (TPSA) is 76.0 Å². The average molecular weight is 358 g/mol. The van der Waals surface area contributed by atoms with Crippen LogP contribution >= 0.6 is 11.6 Å².